The summed E-state index contributed by atoms with van der Waals surface area (Å²) in [7, 11) is 0. The van der Waals surface area contributed by atoms with E-state index in [9.17, 15) is 0 Å². The molecule has 0 aromatic carbocycles. The van der Waals surface area contributed by atoms with E-state index in [1.165, 1.54) is 45.2 Å². The van der Waals surface area contributed by atoms with Gasteiger partial charge in [0, 0.05) is 26.2 Å². The van der Waals surface area contributed by atoms with Crippen LogP contribution >= 0.6 is 0 Å². The van der Waals surface area contributed by atoms with Gasteiger partial charge in [0.05, 0.1) is 25.3 Å². The van der Waals surface area contributed by atoms with Crippen molar-refractivity contribution in [1.82, 2.24) is 9.80 Å². The third-order valence-corrected chi connectivity index (χ3v) is 5.89. The van der Waals surface area contributed by atoms with Crippen molar-refractivity contribution in [3.05, 3.63) is 23.7 Å². The van der Waals surface area contributed by atoms with Gasteiger partial charge in [-0.05, 0) is 37.8 Å². The SMILES string of the molecule is Cc1ccc(CN2CCO[C@@H]3CN(CC4CCCCC4)C[C@@H]32)o1. The molecular weight excluding hydrogens is 288 g/mol. The smallest absolute Gasteiger partial charge is 0.118 e. The van der Waals surface area contributed by atoms with E-state index in [0.29, 0.717) is 12.1 Å². The molecule has 23 heavy (non-hydrogen) atoms. The third kappa shape index (κ3) is 3.65. The Balaban J connectivity index is 1.36. The quantitative estimate of drug-likeness (QED) is 0.853. The fourth-order valence-electron chi connectivity index (χ4n) is 4.68. The van der Waals surface area contributed by atoms with Crippen LogP contribution in [0.1, 0.15) is 43.6 Å². The molecule has 4 nitrogen and oxygen atoms in total. The highest BCUT2D eigenvalue weighted by Gasteiger charge is 2.40. The Bertz CT molecular complexity index is 509. The van der Waals surface area contributed by atoms with Gasteiger partial charge in [-0.2, -0.15) is 0 Å². The van der Waals surface area contributed by atoms with Crippen molar-refractivity contribution in [3.8, 4) is 0 Å². The molecular formula is C19H30N2O2. The average molecular weight is 318 g/mol. The summed E-state index contributed by atoms with van der Waals surface area (Å²) in [5, 5.41) is 0. The maximum atomic E-state index is 6.08. The molecule has 4 heteroatoms. The molecule has 0 amide bonds. The Hall–Kier alpha value is -0.840. The molecule has 2 aliphatic heterocycles. The summed E-state index contributed by atoms with van der Waals surface area (Å²) in [4.78, 5) is 5.24. The Morgan fingerprint density at radius 1 is 1.13 bits per heavy atom. The minimum Gasteiger partial charge on any atom is -0.465 e. The highest BCUT2D eigenvalue weighted by atomic mass is 16.5. The lowest BCUT2D eigenvalue weighted by Crippen LogP contribution is -2.50. The van der Waals surface area contributed by atoms with E-state index in [2.05, 4.69) is 21.9 Å². The van der Waals surface area contributed by atoms with Gasteiger partial charge in [-0.1, -0.05) is 19.3 Å². The highest BCUT2D eigenvalue weighted by molar-refractivity contribution is 5.06. The Kier molecular flexibility index (Phi) is 4.74. The van der Waals surface area contributed by atoms with Crippen LogP contribution < -0.4 is 0 Å². The third-order valence-electron chi connectivity index (χ3n) is 5.89. The van der Waals surface area contributed by atoms with Crippen molar-refractivity contribution in [2.75, 3.05) is 32.8 Å². The van der Waals surface area contributed by atoms with Crippen molar-refractivity contribution < 1.29 is 9.15 Å². The molecule has 0 unspecified atom stereocenters. The molecule has 0 radical (unpaired) electrons. The van der Waals surface area contributed by atoms with Gasteiger partial charge in [0.2, 0.25) is 0 Å². The Labute approximate surface area is 139 Å². The van der Waals surface area contributed by atoms with Crippen LogP contribution in [0.3, 0.4) is 0 Å². The van der Waals surface area contributed by atoms with Crippen molar-refractivity contribution in [2.45, 2.75) is 57.7 Å². The first-order valence-corrected chi connectivity index (χ1v) is 9.41. The lowest BCUT2D eigenvalue weighted by atomic mass is 9.89. The average Bonchev–Trinajstić information content (AvgIpc) is 3.15. The first-order chi connectivity index (χ1) is 11.3. The second-order valence-electron chi connectivity index (χ2n) is 7.68. The maximum absolute atomic E-state index is 6.08. The number of ether oxygens (including phenoxy) is 1. The van der Waals surface area contributed by atoms with Gasteiger partial charge in [0.15, 0.2) is 0 Å². The van der Waals surface area contributed by atoms with E-state index >= 15 is 0 Å². The van der Waals surface area contributed by atoms with E-state index in [4.69, 9.17) is 9.15 Å². The van der Waals surface area contributed by atoms with Crippen molar-refractivity contribution in [2.24, 2.45) is 5.92 Å². The number of morpholine rings is 1. The summed E-state index contributed by atoms with van der Waals surface area (Å²) in [5.41, 5.74) is 0. The molecule has 2 saturated heterocycles. The van der Waals surface area contributed by atoms with Gasteiger partial charge in [-0.3, -0.25) is 9.80 Å². The number of furan rings is 1. The second kappa shape index (κ2) is 6.96. The van der Waals surface area contributed by atoms with Crippen LogP contribution in [0.25, 0.3) is 0 Å². The molecule has 1 aromatic heterocycles. The van der Waals surface area contributed by atoms with E-state index in [1.54, 1.807) is 0 Å². The van der Waals surface area contributed by atoms with Gasteiger partial charge in [0.25, 0.3) is 0 Å². The molecule has 1 saturated carbocycles. The largest absolute Gasteiger partial charge is 0.465 e. The maximum Gasteiger partial charge on any atom is 0.118 e. The van der Waals surface area contributed by atoms with Gasteiger partial charge in [-0.15, -0.1) is 0 Å². The molecule has 4 rings (SSSR count). The molecule has 3 aliphatic rings. The topological polar surface area (TPSA) is 28.9 Å². The zero-order valence-corrected chi connectivity index (χ0v) is 14.4. The molecule has 0 bridgehead atoms. The summed E-state index contributed by atoms with van der Waals surface area (Å²) < 4.78 is 11.9. The lowest BCUT2D eigenvalue weighted by Gasteiger charge is -2.36. The van der Waals surface area contributed by atoms with Crippen molar-refractivity contribution >= 4 is 0 Å². The van der Waals surface area contributed by atoms with Gasteiger partial charge in [0.1, 0.15) is 11.5 Å². The predicted octanol–water partition coefficient (Wildman–Crippen LogP) is 3.05. The van der Waals surface area contributed by atoms with E-state index in [-0.39, 0.29) is 0 Å². The molecule has 2 atom stereocenters. The number of nitrogens with zero attached hydrogens (tertiary/aromatic N) is 2. The number of hydrogen-bond acceptors (Lipinski definition) is 4. The number of likely N-dealkylation sites (tertiary alicyclic amines) is 1. The predicted molar refractivity (Wildman–Crippen MR) is 90.4 cm³/mol. The summed E-state index contributed by atoms with van der Waals surface area (Å²) in [5.74, 6) is 3.02. The summed E-state index contributed by atoms with van der Waals surface area (Å²) >= 11 is 0. The Morgan fingerprint density at radius 3 is 2.78 bits per heavy atom. The van der Waals surface area contributed by atoms with Crippen molar-refractivity contribution in [3.63, 3.8) is 0 Å². The molecule has 1 aliphatic carbocycles. The van der Waals surface area contributed by atoms with E-state index < -0.39 is 0 Å². The number of hydrogen-bond donors (Lipinski definition) is 0. The van der Waals surface area contributed by atoms with E-state index in [1.807, 2.05) is 6.92 Å². The Morgan fingerprint density at radius 2 is 2.00 bits per heavy atom. The molecule has 1 aromatic rings. The fourth-order valence-corrected chi connectivity index (χ4v) is 4.68. The molecule has 0 N–H and O–H groups in total. The van der Waals surface area contributed by atoms with Crippen LogP contribution in [0.5, 0.6) is 0 Å². The molecule has 128 valence electrons. The summed E-state index contributed by atoms with van der Waals surface area (Å²) in [6.45, 7) is 8.40. The monoisotopic (exact) mass is 318 g/mol. The lowest BCUT2D eigenvalue weighted by molar-refractivity contribution is -0.0523. The van der Waals surface area contributed by atoms with Gasteiger partial charge < -0.3 is 9.15 Å². The van der Waals surface area contributed by atoms with Crippen LogP contribution in [-0.2, 0) is 11.3 Å². The summed E-state index contributed by atoms with van der Waals surface area (Å²) in [6.07, 6.45) is 7.58. The van der Waals surface area contributed by atoms with Gasteiger partial charge >= 0.3 is 0 Å². The number of fused-ring (bicyclic) bond motifs is 1. The summed E-state index contributed by atoms with van der Waals surface area (Å²) in [6, 6.07) is 4.73. The van der Waals surface area contributed by atoms with Crippen LogP contribution in [0, 0.1) is 12.8 Å². The van der Waals surface area contributed by atoms with Crippen LogP contribution in [0.4, 0.5) is 0 Å². The zero-order valence-electron chi connectivity index (χ0n) is 14.4. The fraction of sp³-hybridized carbons (Fsp3) is 0.789. The first kappa shape index (κ1) is 15.7. The normalized spacial score (nSPS) is 30.7. The minimum atomic E-state index is 0.392. The van der Waals surface area contributed by atoms with Crippen LogP contribution in [-0.4, -0.2) is 54.7 Å². The van der Waals surface area contributed by atoms with Crippen LogP contribution in [0.15, 0.2) is 16.5 Å². The minimum absolute atomic E-state index is 0.392. The molecule has 3 heterocycles. The molecule has 3 fully saturated rings. The van der Waals surface area contributed by atoms with Crippen LogP contribution in [0.2, 0.25) is 0 Å². The first-order valence-electron chi connectivity index (χ1n) is 9.41. The highest BCUT2D eigenvalue weighted by Crippen LogP contribution is 2.29. The van der Waals surface area contributed by atoms with E-state index in [0.717, 1.165) is 43.7 Å². The van der Waals surface area contributed by atoms with Crippen molar-refractivity contribution in [1.29, 1.82) is 0 Å². The molecule has 0 spiro atoms. The zero-order chi connectivity index (χ0) is 15.6. The second-order valence-corrected chi connectivity index (χ2v) is 7.68. The standard InChI is InChI=1S/C19H30N2O2/c1-15-7-8-17(23-15)12-21-9-10-22-19-14-20(13-18(19)21)11-16-5-3-2-4-6-16/h7-8,16,18-19H,2-6,9-14H2,1H3/t18-,19+/m0/s1. The van der Waals surface area contributed by atoms with Gasteiger partial charge in [-0.25, -0.2) is 0 Å². The number of rotatable bonds is 4. The number of aryl methyl sites for hydroxylation is 1.